The third-order valence-corrected chi connectivity index (χ3v) is 6.41. The Bertz CT molecular complexity index is 1420. The van der Waals surface area contributed by atoms with Crippen LogP contribution < -0.4 is 0 Å². The van der Waals surface area contributed by atoms with Crippen molar-refractivity contribution < 1.29 is 5.11 Å². The van der Waals surface area contributed by atoms with Crippen molar-refractivity contribution in [1.82, 2.24) is 0 Å². The summed E-state index contributed by atoms with van der Waals surface area (Å²) in [5.41, 5.74) is 12.6. The van der Waals surface area contributed by atoms with Crippen LogP contribution in [0.5, 0.6) is 5.75 Å². The molecule has 0 saturated heterocycles. The largest absolute Gasteiger partial charge is 0.508 e. The van der Waals surface area contributed by atoms with Gasteiger partial charge in [0.2, 0.25) is 0 Å². The first kappa shape index (κ1) is 18.7. The third-order valence-electron chi connectivity index (χ3n) is 6.41. The van der Waals surface area contributed by atoms with Crippen LogP contribution in [0.25, 0.3) is 44.5 Å². The quantitative estimate of drug-likeness (QED) is 0.314. The fourth-order valence-electron chi connectivity index (χ4n) is 4.78. The van der Waals surface area contributed by atoms with E-state index in [9.17, 15) is 5.11 Å². The molecular formula is C31H22O. The summed E-state index contributed by atoms with van der Waals surface area (Å²) >= 11 is 0. The average molecular weight is 411 g/mol. The molecule has 5 aromatic rings. The van der Waals surface area contributed by atoms with E-state index >= 15 is 0 Å². The van der Waals surface area contributed by atoms with Gasteiger partial charge in [-0.1, -0.05) is 84.9 Å². The molecule has 1 N–H and O–H groups in total. The Hall–Kier alpha value is -4.10. The number of hydrogen-bond acceptors (Lipinski definition) is 1. The summed E-state index contributed by atoms with van der Waals surface area (Å²) < 4.78 is 0. The lowest BCUT2D eigenvalue weighted by Crippen LogP contribution is -1.90. The van der Waals surface area contributed by atoms with Gasteiger partial charge in [-0.3, -0.25) is 0 Å². The van der Waals surface area contributed by atoms with Crippen LogP contribution in [0.4, 0.5) is 0 Å². The SMILES string of the molecule is Oc1ccc(-c2cc(-c3ccccc3)cc3c2Cc2ccc(-c4ccccc4)cc2-3)cc1. The summed E-state index contributed by atoms with van der Waals surface area (Å²) in [5, 5.41) is 9.81. The van der Waals surface area contributed by atoms with Gasteiger partial charge in [0, 0.05) is 0 Å². The molecule has 0 heterocycles. The Balaban J connectivity index is 1.57. The van der Waals surface area contributed by atoms with Crippen LogP contribution in [0, 0.1) is 0 Å². The molecule has 1 aliphatic rings. The zero-order chi connectivity index (χ0) is 21.5. The highest BCUT2D eigenvalue weighted by molar-refractivity contribution is 5.91. The number of fused-ring (bicyclic) bond motifs is 3. The zero-order valence-electron chi connectivity index (χ0n) is 17.6. The van der Waals surface area contributed by atoms with E-state index in [1.54, 1.807) is 12.1 Å². The van der Waals surface area contributed by atoms with Crippen LogP contribution in [0.2, 0.25) is 0 Å². The molecule has 1 aliphatic carbocycles. The number of phenolic OH excluding ortho intramolecular Hbond substituents is 1. The highest BCUT2D eigenvalue weighted by Crippen LogP contribution is 2.45. The lowest BCUT2D eigenvalue weighted by molar-refractivity contribution is 0.475. The van der Waals surface area contributed by atoms with Gasteiger partial charge in [0.15, 0.2) is 0 Å². The molecule has 32 heavy (non-hydrogen) atoms. The van der Waals surface area contributed by atoms with Gasteiger partial charge in [0.25, 0.3) is 0 Å². The van der Waals surface area contributed by atoms with Crippen LogP contribution in [0.1, 0.15) is 11.1 Å². The molecule has 6 rings (SSSR count). The topological polar surface area (TPSA) is 20.2 Å². The molecule has 0 spiro atoms. The van der Waals surface area contributed by atoms with Gasteiger partial charge >= 0.3 is 0 Å². The average Bonchev–Trinajstić information content (AvgIpc) is 3.23. The first-order valence-corrected chi connectivity index (χ1v) is 11.0. The maximum atomic E-state index is 9.81. The van der Waals surface area contributed by atoms with Gasteiger partial charge in [-0.25, -0.2) is 0 Å². The maximum absolute atomic E-state index is 9.81. The monoisotopic (exact) mass is 410 g/mol. The van der Waals surface area contributed by atoms with Crippen molar-refractivity contribution in [2.24, 2.45) is 0 Å². The van der Waals surface area contributed by atoms with E-state index in [0.717, 1.165) is 12.0 Å². The highest BCUT2D eigenvalue weighted by Gasteiger charge is 2.23. The summed E-state index contributed by atoms with van der Waals surface area (Å²) in [6.45, 7) is 0. The van der Waals surface area contributed by atoms with E-state index in [4.69, 9.17) is 0 Å². The smallest absolute Gasteiger partial charge is 0.115 e. The van der Waals surface area contributed by atoms with Crippen molar-refractivity contribution in [1.29, 1.82) is 0 Å². The number of aromatic hydroxyl groups is 1. The lowest BCUT2D eigenvalue weighted by Gasteiger charge is -2.14. The first-order valence-electron chi connectivity index (χ1n) is 11.0. The summed E-state index contributed by atoms with van der Waals surface area (Å²) in [6, 6.07) is 40.2. The molecule has 152 valence electrons. The maximum Gasteiger partial charge on any atom is 0.115 e. The Morgan fingerprint density at radius 1 is 0.438 bits per heavy atom. The molecule has 1 heteroatoms. The molecule has 0 atom stereocenters. The molecule has 0 fully saturated rings. The van der Waals surface area contributed by atoms with E-state index in [2.05, 4.69) is 91.0 Å². The van der Waals surface area contributed by atoms with E-state index in [0.29, 0.717) is 5.75 Å². The van der Waals surface area contributed by atoms with Crippen LogP contribution in [0.3, 0.4) is 0 Å². The Morgan fingerprint density at radius 3 is 1.69 bits per heavy atom. The minimum Gasteiger partial charge on any atom is -0.508 e. The van der Waals surface area contributed by atoms with Gasteiger partial charge in [-0.05, 0) is 92.4 Å². The third kappa shape index (κ3) is 3.19. The van der Waals surface area contributed by atoms with E-state index in [-0.39, 0.29) is 0 Å². The standard InChI is InChI=1S/C31H22O/c32-27-15-13-23(14-16-27)28-19-26(22-9-5-2-6-10-22)20-31-29-17-24(21-7-3-1-4-8-21)11-12-25(29)18-30(28)31/h1-17,19-20,32H,18H2. The van der Waals surface area contributed by atoms with Gasteiger partial charge in [0.1, 0.15) is 5.75 Å². The second-order valence-electron chi connectivity index (χ2n) is 8.38. The minimum absolute atomic E-state index is 0.292. The molecular weight excluding hydrogens is 388 g/mol. The molecule has 0 saturated carbocycles. The van der Waals surface area contributed by atoms with E-state index < -0.39 is 0 Å². The van der Waals surface area contributed by atoms with Crippen LogP contribution in [0.15, 0.2) is 115 Å². The fraction of sp³-hybridized carbons (Fsp3) is 0.0323. The predicted molar refractivity (Wildman–Crippen MR) is 133 cm³/mol. The second kappa shape index (κ2) is 7.55. The summed E-state index contributed by atoms with van der Waals surface area (Å²) in [7, 11) is 0. The molecule has 1 nitrogen and oxygen atoms in total. The van der Waals surface area contributed by atoms with Crippen molar-refractivity contribution in [3.05, 3.63) is 126 Å². The number of phenols is 1. The molecule has 0 bridgehead atoms. The van der Waals surface area contributed by atoms with Gasteiger partial charge < -0.3 is 5.11 Å². The van der Waals surface area contributed by atoms with E-state index in [1.807, 2.05) is 12.1 Å². The van der Waals surface area contributed by atoms with Crippen molar-refractivity contribution in [2.45, 2.75) is 6.42 Å². The fourth-order valence-corrected chi connectivity index (χ4v) is 4.78. The van der Waals surface area contributed by atoms with Crippen molar-refractivity contribution >= 4 is 0 Å². The Labute approximate surface area is 188 Å². The zero-order valence-corrected chi connectivity index (χ0v) is 17.6. The second-order valence-corrected chi connectivity index (χ2v) is 8.38. The van der Waals surface area contributed by atoms with Crippen molar-refractivity contribution in [3.63, 3.8) is 0 Å². The summed E-state index contributed by atoms with van der Waals surface area (Å²) in [6.07, 6.45) is 0.922. The highest BCUT2D eigenvalue weighted by atomic mass is 16.3. The van der Waals surface area contributed by atoms with Crippen LogP contribution in [-0.2, 0) is 6.42 Å². The predicted octanol–water partition coefficient (Wildman–Crippen LogP) is 7.96. The van der Waals surface area contributed by atoms with Crippen LogP contribution >= 0.6 is 0 Å². The Kier molecular flexibility index (Phi) is 4.40. The van der Waals surface area contributed by atoms with Gasteiger partial charge in [0.05, 0.1) is 0 Å². The molecule has 0 radical (unpaired) electrons. The number of hydrogen-bond donors (Lipinski definition) is 1. The Morgan fingerprint density at radius 2 is 1.00 bits per heavy atom. The summed E-state index contributed by atoms with van der Waals surface area (Å²) in [5.74, 6) is 0.292. The van der Waals surface area contributed by atoms with Crippen LogP contribution in [-0.4, -0.2) is 5.11 Å². The number of rotatable bonds is 3. The van der Waals surface area contributed by atoms with Crippen molar-refractivity contribution in [3.8, 4) is 50.3 Å². The molecule has 0 aliphatic heterocycles. The molecule has 5 aromatic carbocycles. The molecule has 0 unspecified atom stereocenters. The first-order chi connectivity index (χ1) is 15.8. The van der Waals surface area contributed by atoms with Crippen molar-refractivity contribution in [2.75, 3.05) is 0 Å². The normalized spacial score (nSPS) is 11.8. The summed E-state index contributed by atoms with van der Waals surface area (Å²) in [4.78, 5) is 0. The minimum atomic E-state index is 0.292. The van der Waals surface area contributed by atoms with Gasteiger partial charge in [-0.2, -0.15) is 0 Å². The molecule has 0 aromatic heterocycles. The number of benzene rings is 5. The van der Waals surface area contributed by atoms with Gasteiger partial charge in [-0.15, -0.1) is 0 Å². The lowest BCUT2D eigenvalue weighted by atomic mass is 9.90. The molecule has 0 amide bonds. The van der Waals surface area contributed by atoms with E-state index in [1.165, 1.54) is 50.1 Å².